The van der Waals surface area contributed by atoms with Crippen LogP contribution in [-0.2, 0) is 0 Å². The van der Waals surface area contributed by atoms with Gasteiger partial charge >= 0.3 is 0 Å². The fourth-order valence-electron chi connectivity index (χ4n) is 1.37. The Morgan fingerprint density at radius 1 is 1.62 bits per heavy atom. The van der Waals surface area contributed by atoms with Gasteiger partial charge in [-0.2, -0.15) is 0 Å². The molecular weight excluding hydrogens is 317 g/mol. The summed E-state index contributed by atoms with van der Waals surface area (Å²) in [5.41, 5.74) is -0.210. The zero-order valence-corrected chi connectivity index (χ0v) is 11.9. The lowest BCUT2D eigenvalue weighted by atomic mass is 10.1. The van der Waals surface area contributed by atoms with E-state index in [1.54, 1.807) is 0 Å². The highest BCUT2D eigenvalue weighted by Crippen LogP contribution is 2.23. The molecule has 0 atom stereocenters. The third-order valence-corrected chi connectivity index (χ3v) is 3.13. The minimum Gasteiger partial charge on any atom is -0.347 e. The summed E-state index contributed by atoms with van der Waals surface area (Å²) in [6.07, 6.45) is 3.24. The molecule has 0 bridgehead atoms. The quantitative estimate of drug-likeness (QED) is 0.681. The van der Waals surface area contributed by atoms with Gasteiger partial charge in [0, 0.05) is 12.1 Å². The first-order valence-electron chi connectivity index (χ1n) is 4.99. The van der Waals surface area contributed by atoms with E-state index in [9.17, 15) is 4.79 Å². The molecule has 16 heavy (non-hydrogen) atoms. The number of rotatable bonds is 3. The molecule has 0 aliphatic rings. The van der Waals surface area contributed by atoms with E-state index < -0.39 is 0 Å². The van der Waals surface area contributed by atoms with E-state index in [0.717, 1.165) is 0 Å². The van der Waals surface area contributed by atoms with Gasteiger partial charge in [-0.1, -0.05) is 6.08 Å². The third-order valence-electron chi connectivity index (χ3n) is 2.16. The average molecular weight is 333 g/mol. The summed E-state index contributed by atoms with van der Waals surface area (Å²) in [6, 6.07) is 0. The minimum absolute atomic E-state index is 0.102. The highest BCUT2D eigenvalue weighted by molar-refractivity contribution is 14.1. The van der Waals surface area contributed by atoms with Crippen molar-refractivity contribution >= 4 is 28.4 Å². The molecule has 1 aromatic heterocycles. The number of nitrogens with zero attached hydrogens (tertiary/aromatic N) is 2. The van der Waals surface area contributed by atoms with Crippen LogP contribution < -0.4 is 10.5 Å². The van der Waals surface area contributed by atoms with Crippen molar-refractivity contribution < 1.29 is 0 Å². The molecule has 1 heterocycles. The van der Waals surface area contributed by atoms with Crippen LogP contribution in [0.2, 0.25) is 0 Å². The number of nitrogens with one attached hydrogen (secondary N) is 1. The molecule has 0 radical (unpaired) electrons. The average Bonchev–Trinajstić information content (AvgIpc) is 2.18. The summed E-state index contributed by atoms with van der Waals surface area (Å²) in [5.74, 6) is 0.705. The molecule has 5 heteroatoms. The van der Waals surface area contributed by atoms with Crippen LogP contribution in [-0.4, -0.2) is 22.1 Å². The Labute approximate surface area is 109 Å². The molecule has 0 amide bonds. The number of halogens is 1. The van der Waals surface area contributed by atoms with Crippen molar-refractivity contribution in [2.24, 2.45) is 0 Å². The second-order valence-electron chi connectivity index (χ2n) is 4.44. The van der Waals surface area contributed by atoms with Crippen LogP contribution in [0, 0.1) is 3.57 Å². The maximum absolute atomic E-state index is 11.5. The fraction of sp³-hybridized carbons (Fsp3) is 0.455. The number of anilines is 1. The van der Waals surface area contributed by atoms with Gasteiger partial charge in [0.25, 0.3) is 5.56 Å². The molecule has 1 aromatic rings. The van der Waals surface area contributed by atoms with Crippen molar-refractivity contribution in [2.75, 3.05) is 11.4 Å². The number of hydrogen-bond acceptors (Lipinski definition) is 3. The van der Waals surface area contributed by atoms with Gasteiger partial charge in [0.2, 0.25) is 0 Å². The highest BCUT2D eigenvalue weighted by atomic mass is 127. The highest BCUT2D eigenvalue weighted by Gasteiger charge is 2.24. The summed E-state index contributed by atoms with van der Waals surface area (Å²) in [4.78, 5) is 20.4. The maximum Gasteiger partial charge on any atom is 0.266 e. The number of hydrogen-bond donors (Lipinski definition) is 1. The van der Waals surface area contributed by atoms with Gasteiger partial charge in [-0.05, 0) is 43.4 Å². The molecule has 4 nitrogen and oxygen atoms in total. The molecule has 0 aliphatic heterocycles. The molecule has 0 fully saturated rings. The lowest BCUT2D eigenvalue weighted by Crippen LogP contribution is -2.43. The van der Waals surface area contributed by atoms with Crippen molar-refractivity contribution in [1.29, 1.82) is 0 Å². The number of aromatic amines is 1. The van der Waals surface area contributed by atoms with Gasteiger partial charge in [-0.3, -0.25) is 4.79 Å². The Kier molecular flexibility index (Phi) is 4.12. The number of H-pyrrole nitrogens is 1. The Balaban J connectivity index is 3.26. The largest absolute Gasteiger partial charge is 0.347 e. The first-order valence-corrected chi connectivity index (χ1v) is 6.07. The van der Waals surface area contributed by atoms with Crippen molar-refractivity contribution in [3.63, 3.8) is 0 Å². The molecule has 0 unspecified atom stereocenters. The van der Waals surface area contributed by atoms with Gasteiger partial charge in [-0.25, -0.2) is 4.98 Å². The lowest BCUT2D eigenvalue weighted by Gasteiger charge is -2.36. The van der Waals surface area contributed by atoms with Crippen LogP contribution in [0.5, 0.6) is 0 Å². The van der Waals surface area contributed by atoms with Gasteiger partial charge in [0.1, 0.15) is 9.39 Å². The van der Waals surface area contributed by atoms with Crippen LogP contribution in [0.15, 0.2) is 23.8 Å². The van der Waals surface area contributed by atoms with Crippen LogP contribution in [0.1, 0.15) is 20.8 Å². The summed E-state index contributed by atoms with van der Waals surface area (Å²) in [5, 5.41) is 0. The second-order valence-corrected chi connectivity index (χ2v) is 5.52. The molecule has 0 aromatic carbocycles. The smallest absolute Gasteiger partial charge is 0.266 e. The van der Waals surface area contributed by atoms with Crippen molar-refractivity contribution in [3.05, 3.63) is 32.9 Å². The molecule has 0 saturated carbocycles. The summed E-state index contributed by atoms with van der Waals surface area (Å²) < 4.78 is 0.608. The van der Waals surface area contributed by atoms with Crippen molar-refractivity contribution in [3.8, 4) is 0 Å². The van der Waals surface area contributed by atoms with Crippen LogP contribution in [0.4, 0.5) is 5.82 Å². The zero-order chi connectivity index (χ0) is 12.3. The van der Waals surface area contributed by atoms with Crippen LogP contribution in [0.3, 0.4) is 0 Å². The Morgan fingerprint density at radius 3 is 2.75 bits per heavy atom. The SMILES string of the molecule is C=CCN(c1nc[nH]c(=O)c1I)C(C)(C)C. The van der Waals surface area contributed by atoms with E-state index in [1.165, 1.54) is 6.33 Å². The molecule has 0 aliphatic carbocycles. The van der Waals surface area contributed by atoms with E-state index >= 15 is 0 Å². The van der Waals surface area contributed by atoms with Gasteiger partial charge < -0.3 is 9.88 Å². The lowest BCUT2D eigenvalue weighted by molar-refractivity contribution is 0.515. The summed E-state index contributed by atoms with van der Waals surface area (Å²) in [6.45, 7) is 10.6. The third kappa shape index (κ3) is 2.84. The summed E-state index contributed by atoms with van der Waals surface area (Å²) in [7, 11) is 0. The first-order chi connectivity index (χ1) is 7.38. The molecule has 88 valence electrons. The summed E-state index contributed by atoms with van der Waals surface area (Å²) >= 11 is 2.02. The van der Waals surface area contributed by atoms with E-state index in [1.807, 2.05) is 28.7 Å². The molecule has 1 N–H and O–H groups in total. The van der Waals surface area contributed by atoms with Gasteiger partial charge in [0.15, 0.2) is 0 Å². The minimum atomic E-state index is -0.107. The normalized spacial score (nSPS) is 11.2. The Morgan fingerprint density at radius 2 is 2.25 bits per heavy atom. The first kappa shape index (κ1) is 13.2. The number of aromatic nitrogens is 2. The van der Waals surface area contributed by atoms with E-state index in [-0.39, 0.29) is 11.1 Å². The molecule has 0 saturated heterocycles. The van der Waals surface area contributed by atoms with Gasteiger partial charge in [-0.15, -0.1) is 6.58 Å². The van der Waals surface area contributed by atoms with Crippen LogP contribution >= 0.6 is 22.6 Å². The predicted molar refractivity (Wildman–Crippen MR) is 74.9 cm³/mol. The van der Waals surface area contributed by atoms with E-state index in [4.69, 9.17) is 0 Å². The van der Waals surface area contributed by atoms with Gasteiger partial charge in [0.05, 0.1) is 6.33 Å². The van der Waals surface area contributed by atoms with E-state index in [0.29, 0.717) is 15.9 Å². The Hall–Kier alpha value is -0.850. The standard InChI is InChI=1S/C11H16IN3O/c1-5-6-15(11(2,3)4)9-8(12)10(16)14-7-13-9/h5,7H,1,6H2,2-4H3,(H,13,14,16). The van der Waals surface area contributed by atoms with E-state index in [2.05, 4.69) is 42.2 Å². The fourth-order valence-corrected chi connectivity index (χ4v) is 1.96. The van der Waals surface area contributed by atoms with Crippen molar-refractivity contribution in [1.82, 2.24) is 9.97 Å². The maximum atomic E-state index is 11.5. The Bertz CT molecular complexity index is 434. The predicted octanol–water partition coefficient (Wildman–Crippen LogP) is 2.17. The zero-order valence-electron chi connectivity index (χ0n) is 9.75. The molecule has 1 rings (SSSR count). The van der Waals surface area contributed by atoms with Crippen LogP contribution in [0.25, 0.3) is 0 Å². The molecular formula is C11H16IN3O. The molecule has 0 spiro atoms. The van der Waals surface area contributed by atoms with Crippen molar-refractivity contribution in [2.45, 2.75) is 26.3 Å². The second kappa shape index (κ2) is 4.99. The topological polar surface area (TPSA) is 49.0 Å². The monoisotopic (exact) mass is 333 g/mol.